The fourth-order valence-corrected chi connectivity index (χ4v) is 1.70. The summed E-state index contributed by atoms with van der Waals surface area (Å²) in [4.78, 5) is 24.7. The Balaban J connectivity index is 2.31. The van der Waals surface area contributed by atoms with Crippen LogP contribution in [0.2, 0.25) is 0 Å². The Morgan fingerprint density at radius 3 is 2.64 bits per heavy atom. The van der Waals surface area contributed by atoms with Crippen LogP contribution in [0.5, 0.6) is 0 Å². The number of ketones is 1. The number of nitrogens with zero attached hydrogens (tertiary/aromatic N) is 1. The first-order chi connectivity index (χ1) is 6.66. The van der Waals surface area contributed by atoms with Crippen LogP contribution in [0.15, 0.2) is 29.2 Å². The SMILES string of the molecule is O=C1CC(=O)N(c2cccc(S)c2)C1. The summed E-state index contributed by atoms with van der Waals surface area (Å²) in [6.07, 6.45) is 0.0246. The molecule has 0 spiro atoms. The van der Waals surface area contributed by atoms with E-state index in [4.69, 9.17) is 0 Å². The zero-order valence-electron chi connectivity index (χ0n) is 7.43. The van der Waals surface area contributed by atoms with Gasteiger partial charge >= 0.3 is 0 Å². The summed E-state index contributed by atoms with van der Waals surface area (Å²) < 4.78 is 0. The summed E-state index contributed by atoms with van der Waals surface area (Å²) in [5.41, 5.74) is 0.744. The molecule has 1 aromatic carbocycles. The molecular weight excluding hydrogens is 198 g/mol. The molecule has 1 aliphatic heterocycles. The lowest BCUT2D eigenvalue weighted by Gasteiger charge is -2.14. The third kappa shape index (κ3) is 1.65. The van der Waals surface area contributed by atoms with E-state index in [2.05, 4.69) is 12.6 Å². The Bertz CT molecular complexity index is 403. The standard InChI is InChI=1S/C10H9NO2S/c12-8-5-10(13)11(6-8)7-2-1-3-9(14)4-7/h1-4,14H,5-6H2. The third-order valence-corrected chi connectivity index (χ3v) is 2.40. The summed E-state index contributed by atoms with van der Waals surface area (Å²) in [6, 6.07) is 7.22. The summed E-state index contributed by atoms with van der Waals surface area (Å²) in [6.45, 7) is 0.191. The molecule has 0 radical (unpaired) electrons. The molecule has 2 rings (SSSR count). The van der Waals surface area contributed by atoms with Crippen molar-refractivity contribution >= 4 is 30.0 Å². The van der Waals surface area contributed by atoms with Crippen molar-refractivity contribution in [1.29, 1.82) is 0 Å². The number of hydrogen-bond donors (Lipinski definition) is 1. The monoisotopic (exact) mass is 207 g/mol. The second kappa shape index (κ2) is 3.46. The molecule has 1 saturated heterocycles. The number of carbonyl (C=O) groups is 2. The molecule has 0 saturated carbocycles. The lowest BCUT2D eigenvalue weighted by Crippen LogP contribution is -2.24. The van der Waals surface area contributed by atoms with Crippen molar-refractivity contribution in [3.63, 3.8) is 0 Å². The minimum Gasteiger partial charge on any atom is -0.305 e. The molecule has 4 heteroatoms. The van der Waals surface area contributed by atoms with E-state index in [9.17, 15) is 9.59 Å². The Hall–Kier alpha value is -1.29. The first-order valence-electron chi connectivity index (χ1n) is 4.28. The van der Waals surface area contributed by atoms with E-state index in [0.717, 1.165) is 10.6 Å². The maximum absolute atomic E-state index is 11.4. The van der Waals surface area contributed by atoms with Crippen LogP contribution in [0, 0.1) is 0 Å². The highest BCUT2D eigenvalue weighted by Crippen LogP contribution is 2.22. The van der Waals surface area contributed by atoms with Gasteiger partial charge in [0.2, 0.25) is 5.91 Å². The van der Waals surface area contributed by atoms with Gasteiger partial charge in [-0.2, -0.15) is 0 Å². The van der Waals surface area contributed by atoms with Gasteiger partial charge in [0.05, 0.1) is 13.0 Å². The van der Waals surface area contributed by atoms with Crippen LogP contribution in [0.4, 0.5) is 5.69 Å². The second-order valence-corrected chi connectivity index (χ2v) is 3.73. The molecule has 0 bridgehead atoms. The Morgan fingerprint density at radius 2 is 2.07 bits per heavy atom. The van der Waals surface area contributed by atoms with Crippen molar-refractivity contribution in [3.8, 4) is 0 Å². The molecule has 0 atom stereocenters. The van der Waals surface area contributed by atoms with Gasteiger partial charge < -0.3 is 4.90 Å². The Kier molecular flexibility index (Phi) is 2.29. The molecule has 1 fully saturated rings. The van der Waals surface area contributed by atoms with Crippen molar-refractivity contribution in [3.05, 3.63) is 24.3 Å². The number of thiol groups is 1. The highest BCUT2D eigenvalue weighted by Gasteiger charge is 2.28. The van der Waals surface area contributed by atoms with Crippen LogP contribution in [0.1, 0.15) is 6.42 Å². The average molecular weight is 207 g/mol. The summed E-state index contributed by atoms with van der Waals surface area (Å²) in [7, 11) is 0. The number of hydrogen-bond acceptors (Lipinski definition) is 3. The molecule has 72 valence electrons. The van der Waals surface area contributed by atoms with Crippen molar-refractivity contribution < 1.29 is 9.59 Å². The summed E-state index contributed by atoms with van der Waals surface area (Å²) in [5.74, 6) is -0.159. The number of Topliss-reactive ketones (excluding diaryl/α,β-unsaturated/α-hetero) is 1. The number of carbonyl (C=O) groups excluding carboxylic acids is 2. The van der Waals surface area contributed by atoms with Crippen molar-refractivity contribution in [1.82, 2.24) is 0 Å². The van der Waals surface area contributed by atoms with Gasteiger partial charge in [-0.3, -0.25) is 9.59 Å². The molecule has 1 heterocycles. The van der Waals surface area contributed by atoms with Gasteiger partial charge in [-0.25, -0.2) is 0 Å². The molecule has 14 heavy (non-hydrogen) atoms. The van der Waals surface area contributed by atoms with Crippen molar-refractivity contribution in [2.45, 2.75) is 11.3 Å². The van der Waals surface area contributed by atoms with E-state index < -0.39 is 0 Å². The maximum atomic E-state index is 11.4. The number of anilines is 1. The quantitative estimate of drug-likeness (QED) is 0.556. The predicted molar refractivity (Wildman–Crippen MR) is 55.7 cm³/mol. The zero-order chi connectivity index (χ0) is 10.1. The van der Waals surface area contributed by atoms with Crippen LogP contribution >= 0.6 is 12.6 Å². The molecule has 1 amide bonds. The maximum Gasteiger partial charge on any atom is 0.234 e. The fraction of sp³-hybridized carbons (Fsp3) is 0.200. The molecular formula is C10H9NO2S. The van der Waals surface area contributed by atoms with Crippen LogP contribution in [-0.2, 0) is 9.59 Å². The first-order valence-corrected chi connectivity index (χ1v) is 4.72. The highest BCUT2D eigenvalue weighted by molar-refractivity contribution is 7.80. The molecule has 3 nitrogen and oxygen atoms in total. The minimum atomic E-state index is -0.131. The molecule has 0 aromatic heterocycles. The molecule has 0 aliphatic carbocycles. The number of benzene rings is 1. The van der Waals surface area contributed by atoms with Crippen molar-refractivity contribution in [2.75, 3.05) is 11.4 Å². The van der Waals surface area contributed by atoms with Gasteiger partial charge in [0.25, 0.3) is 0 Å². The Morgan fingerprint density at radius 1 is 1.29 bits per heavy atom. The molecule has 0 unspecified atom stereocenters. The molecule has 0 N–H and O–H groups in total. The van der Waals surface area contributed by atoms with Crippen LogP contribution in [-0.4, -0.2) is 18.2 Å². The molecule has 1 aliphatic rings. The van der Waals surface area contributed by atoms with E-state index in [-0.39, 0.29) is 24.7 Å². The van der Waals surface area contributed by atoms with E-state index in [1.54, 1.807) is 12.1 Å². The first kappa shape index (κ1) is 9.27. The smallest absolute Gasteiger partial charge is 0.234 e. The van der Waals surface area contributed by atoms with E-state index in [1.165, 1.54) is 4.90 Å². The van der Waals surface area contributed by atoms with Gasteiger partial charge in [-0.1, -0.05) is 6.07 Å². The zero-order valence-corrected chi connectivity index (χ0v) is 8.33. The van der Waals surface area contributed by atoms with Crippen LogP contribution < -0.4 is 4.90 Å². The normalized spacial score (nSPS) is 16.5. The van der Waals surface area contributed by atoms with Crippen LogP contribution in [0.25, 0.3) is 0 Å². The highest BCUT2D eigenvalue weighted by atomic mass is 32.1. The number of rotatable bonds is 1. The molecule has 1 aromatic rings. The predicted octanol–water partition coefficient (Wildman–Crippen LogP) is 1.28. The Labute approximate surface area is 87.1 Å². The average Bonchev–Trinajstić information content (AvgIpc) is 2.45. The van der Waals surface area contributed by atoms with E-state index >= 15 is 0 Å². The largest absolute Gasteiger partial charge is 0.305 e. The van der Waals surface area contributed by atoms with Crippen LogP contribution in [0.3, 0.4) is 0 Å². The number of amides is 1. The van der Waals surface area contributed by atoms with Crippen molar-refractivity contribution in [2.24, 2.45) is 0 Å². The summed E-state index contributed by atoms with van der Waals surface area (Å²) >= 11 is 4.18. The van der Waals surface area contributed by atoms with Gasteiger partial charge in [0.15, 0.2) is 5.78 Å². The minimum absolute atomic E-state index is 0.0246. The topological polar surface area (TPSA) is 37.4 Å². The van der Waals surface area contributed by atoms with Gasteiger partial charge in [-0.05, 0) is 18.2 Å². The summed E-state index contributed by atoms with van der Waals surface area (Å²) in [5, 5.41) is 0. The fourth-order valence-electron chi connectivity index (χ4n) is 1.48. The lowest BCUT2D eigenvalue weighted by molar-refractivity contribution is -0.121. The van der Waals surface area contributed by atoms with E-state index in [1.807, 2.05) is 12.1 Å². The van der Waals surface area contributed by atoms with Gasteiger partial charge in [0, 0.05) is 10.6 Å². The lowest BCUT2D eigenvalue weighted by atomic mass is 10.3. The third-order valence-electron chi connectivity index (χ3n) is 2.13. The van der Waals surface area contributed by atoms with Gasteiger partial charge in [-0.15, -0.1) is 12.6 Å². The van der Waals surface area contributed by atoms with E-state index in [0.29, 0.717) is 0 Å². The van der Waals surface area contributed by atoms with Gasteiger partial charge in [0.1, 0.15) is 0 Å². The second-order valence-electron chi connectivity index (χ2n) is 3.22.